The van der Waals surface area contributed by atoms with Crippen LogP contribution in [0.3, 0.4) is 0 Å². The van der Waals surface area contributed by atoms with Crippen LogP contribution >= 0.6 is 0 Å². The molecule has 10 heavy (non-hydrogen) atoms. The van der Waals surface area contributed by atoms with Crippen molar-refractivity contribution in [2.75, 3.05) is 6.61 Å². The zero-order valence-electron chi connectivity index (χ0n) is 5.15. The van der Waals surface area contributed by atoms with E-state index in [-0.39, 0.29) is 5.97 Å². The molecule has 1 aliphatic rings. The molecule has 1 saturated heterocycles. The first-order chi connectivity index (χ1) is 4.63. The highest BCUT2D eigenvalue weighted by Crippen LogP contribution is 2.01. The molecule has 2 nitrogen and oxygen atoms in total. The zero-order chi connectivity index (χ0) is 7.98. The molecule has 0 radical (unpaired) electrons. The van der Waals surface area contributed by atoms with Crippen molar-refractivity contribution < 1.29 is 22.5 Å². The summed E-state index contributed by atoms with van der Waals surface area (Å²) in [5.74, 6) is -0.0463. The summed E-state index contributed by atoms with van der Waals surface area (Å²) in [6, 6.07) is 0. The van der Waals surface area contributed by atoms with Gasteiger partial charge >= 0.3 is 13.5 Å². The van der Waals surface area contributed by atoms with Gasteiger partial charge in [-0.05, 0) is 6.42 Å². The van der Waals surface area contributed by atoms with Gasteiger partial charge in [-0.15, -0.1) is 0 Å². The first-order valence-electron chi connectivity index (χ1n) is 2.71. The monoisotopic (exact) mass is 154 g/mol. The molecule has 0 spiro atoms. The number of ether oxygens (including phenoxy) is 1. The lowest BCUT2D eigenvalue weighted by Crippen LogP contribution is -1.88. The molecule has 0 amide bonds. The summed E-state index contributed by atoms with van der Waals surface area (Å²) >= 11 is 0. The lowest BCUT2D eigenvalue weighted by molar-refractivity contribution is -0.137. The SMILES string of the molecule is FB(F)F.O=C1CCCO1. The van der Waals surface area contributed by atoms with E-state index in [4.69, 9.17) is 0 Å². The van der Waals surface area contributed by atoms with Crippen LogP contribution in [0.1, 0.15) is 12.8 Å². The van der Waals surface area contributed by atoms with Gasteiger partial charge < -0.3 is 4.74 Å². The summed E-state index contributed by atoms with van der Waals surface area (Å²) in [7, 11) is -3.67. The molecule has 0 aromatic heterocycles. The summed E-state index contributed by atoms with van der Waals surface area (Å²) in [6.45, 7) is 0.638. The third-order valence-electron chi connectivity index (χ3n) is 0.788. The third-order valence-corrected chi connectivity index (χ3v) is 0.788. The predicted molar refractivity (Wildman–Crippen MR) is 29.3 cm³/mol. The Hall–Kier alpha value is -0.675. The maximum Gasteiger partial charge on any atom is 0.762 e. The molecule has 0 aromatic rings. The minimum Gasteiger partial charge on any atom is -0.466 e. The fourth-order valence-corrected chi connectivity index (χ4v) is 0.475. The molecule has 1 rings (SSSR count). The summed E-state index contributed by atoms with van der Waals surface area (Å²) in [5.41, 5.74) is 0. The zero-order valence-corrected chi connectivity index (χ0v) is 5.15. The Kier molecular flexibility index (Phi) is 4.79. The Labute approximate surface area is 56.6 Å². The Morgan fingerprint density at radius 2 is 1.90 bits per heavy atom. The maximum absolute atomic E-state index is 10.0. The number of hydrogen-bond acceptors (Lipinski definition) is 2. The Morgan fingerprint density at radius 3 is 2.00 bits per heavy atom. The number of hydrogen-bond donors (Lipinski definition) is 0. The van der Waals surface area contributed by atoms with Crippen molar-refractivity contribution in [3.8, 4) is 0 Å². The largest absolute Gasteiger partial charge is 0.762 e. The number of esters is 1. The summed E-state index contributed by atoms with van der Waals surface area (Å²) in [6.07, 6.45) is 1.54. The van der Waals surface area contributed by atoms with E-state index in [0.717, 1.165) is 6.42 Å². The van der Waals surface area contributed by atoms with E-state index in [1.165, 1.54) is 0 Å². The molecule has 1 aliphatic heterocycles. The van der Waals surface area contributed by atoms with Crippen molar-refractivity contribution in [3.05, 3.63) is 0 Å². The highest BCUT2D eigenvalue weighted by Gasteiger charge is 2.08. The number of rotatable bonds is 0. The fraction of sp³-hybridized carbons (Fsp3) is 0.750. The average Bonchev–Trinajstić information content (AvgIpc) is 2.15. The first-order valence-corrected chi connectivity index (χ1v) is 2.71. The van der Waals surface area contributed by atoms with E-state index in [1.54, 1.807) is 0 Å². The molecule has 0 aromatic carbocycles. The fourth-order valence-electron chi connectivity index (χ4n) is 0.475. The molecule has 1 heterocycles. The van der Waals surface area contributed by atoms with E-state index in [9.17, 15) is 17.7 Å². The molecule has 0 bridgehead atoms. The van der Waals surface area contributed by atoms with Crippen LogP contribution in [0, 0.1) is 0 Å². The molecule has 0 N–H and O–H groups in total. The van der Waals surface area contributed by atoms with Gasteiger partial charge in [0, 0.05) is 6.42 Å². The van der Waals surface area contributed by atoms with Crippen molar-refractivity contribution in [2.45, 2.75) is 12.8 Å². The molecule has 6 heteroatoms. The van der Waals surface area contributed by atoms with Gasteiger partial charge in [0.05, 0.1) is 6.61 Å². The van der Waals surface area contributed by atoms with Crippen molar-refractivity contribution in [2.24, 2.45) is 0 Å². The van der Waals surface area contributed by atoms with Gasteiger partial charge in [-0.3, -0.25) is 17.7 Å². The van der Waals surface area contributed by atoms with Gasteiger partial charge in [0.25, 0.3) is 0 Å². The van der Waals surface area contributed by atoms with Gasteiger partial charge in [-0.2, -0.15) is 0 Å². The predicted octanol–water partition coefficient (Wildman–Crippen LogP) is 1.20. The van der Waals surface area contributed by atoms with Gasteiger partial charge in [0.2, 0.25) is 0 Å². The van der Waals surface area contributed by atoms with Gasteiger partial charge in [0.15, 0.2) is 0 Å². The number of carbonyl (C=O) groups is 1. The minimum atomic E-state index is -3.67. The van der Waals surface area contributed by atoms with Crippen molar-refractivity contribution in [1.29, 1.82) is 0 Å². The van der Waals surface area contributed by atoms with Gasteiger partial charge in [-0.1, -0.05) is 0 Å². The van der Waals surface area contributed by atoms with Crippen LogP contribution in [-0.4, -0.2) is 20.1 Å². The topological polar surface area (TPSA) is 26.3 Å². The molecule has 58 valence electrons. The Morgan fingerprint density at radius 1 is 1.40 bits per heavy atom. The Bertz CT molecular complexity index is 97.9. The number of halogens is 3. The molecule has 1 fully saturated rings. The maximum atomic E-state index is 10.0. The van der Waals surface area contributed by atoms with Gasteiger partial charge in [-0.25, -0.2) is 0 Å². The third kappa shape index (κ3) is 7.32. The molecule has 0 aliphatic carbocycles. The average molecular weight is 154 g/mol. The molecule has 0 unspecified atom stereocenters. The second kappa shape index (κ2) is 5.14. The first kappa shape index (κ1) is 9.32. The highest BCUT2D eigenvalue weighted by molar-refractivity contribution is 6.33. The summed E-state index contributed by atoms with van der Waals surface area (Å²) in [4.78, 5) is 10.0. The van der Waals surface area contributed by atoms with Crippen LogP contribution in [0.4, 0.5) is 12.9 Å². The van der Waals surface area contributed by atoms with Crippen LogP contribution < -0.4 is 0 Å². The lowest BCUT2D eigenvalue weighted by Gasteiger charge is -1.81. The molecule has 0 saturated carbocycles. The smallest absolute Gasteiger partial charge is 0.466 e. The summed E-state index contributed by atoms with van der Waals surface area (Å²) in [5, 5.41) is 0. The summed E-state index contributed by atoms with van der Waals surface area (Å²) < 4.78 is 33.5. The number of cyclic esters (lactones) is 1. The highest BCUT2D eigenvalue weighted by atomic mass is 19.4. The van der Waals surface area contributed by atoms with E-state index < -0.39 is 7.54 Å². The van der Waals surface area contributed by atoms with Crippen LogP contribution in [0.15, 0.2) is 0 Å². The second-order valence-corrected chi connectivity index (χ2v) is 1.57. The van der Waals surface area contributed by atoms with Crippen molar-refractivity contribution in [3.63, 3.8) is 0 Å². The van der Waals surface area contributed by atoms with Crippen molar-refractivity contribution >= 4 is 13.5 Å². The second-order valence-electron chi connectivity index (χ2n) is 1.57. The van der Waals surface area contributed by atoms with Crippen LogP contribution in [0.2, 0.25) is 0 Å². The van der Waals surface area contributed by atoms with E-state index in [1.807, 2.05) is 0 Å². The normalized spacial score (nSPS) is 15.3. The minimum absolute atomic E-state index is 0.0463. The number of carbonyl (C=O) groups excluding carboxylic acids is 1. The molecular formula is C4H6BF3O2. The van der Waals surface area contributed by atoms with Gasteiger partial charge in [0.1, 0.15) is 0 Å². The van der Waals surface area contributed by atoms with Crippen LogP contribution in [0.5, 0.6) is 0 Å². The lowest BCUT2D eigenvalue weighted by atomic mass is 10.4. The standard InChI is InChI=1S/C4H6O2.BF3/c5-4-2-1-3-6-4;2-1(3)4/h1-3H2;. The quantitative estimate of drug-likeness (QED) is 0.387. The molecule has 0 atom stereocenters. The van der Waals surface area contributed by atoms with Crippen LogP contribution in [-0.2, 0) is 9.53 Å². The van der Waals surface area contributed by atoms with E-state index in [2.05, 4.69) is 4.74 Å². The molecular weight excluding hydrogens is 148 g/mol. The van der Waals surface area contributed by atoms with Crippen LogP contribution in [0.25, 0.3) is 0 Å². The van der Waals surface area contributed by atoms with E-state index in [0.29, 0.717) is 13.0 Å². The van der Waals surface area contributed by atoms with E-state index >= 15 is 0 Å². The van der Waals surface area contributed by atoms with Crippen molar-refractivity contribution in [1.82, 2.24) is 0 Å². The Balaban J connectivity index is 0.000000180.